The van der Waals surface area contributed by atoms with Crippen LogP contribution in [0, 0.1) is 0 Å². The third-order valence-electron chi connectivity index (χ3n) is 6.33. The molecular formula is C24H31ClF3N5O2Si. The molecule has 3 rings (SSSR count). The second-order valence-corrected chi connectivity index (χ2v) is 15.3. The lowest BCUT2D eigenvalue weighted by Gasteiger charge is -2.42. The van der Waals surface area contributed by atoms with Crippen molar-refractivity contribution in [3.8, 4) is 11.7 Å². The van der Waals surface area contributed by atoms with Crippen LogP contribution < -0.4 is 4.74 Å². The van der Waals surface area contributed by atoms with E-state index in [1.807, 2.05) is 6.07 Å². The first-order chi connectivity index (χ1) is 16.9. The maximum Gasteiger partial charge on any atom is 0.416 e. The van der Waals surface area contributed by atoms with Crippen LogP contribution in [0.3, 0.4) is 0 Å². The first-order valence-electron chi connectivity index (χ1n) is 11.7. The van der Waals surface area contributed by atoms with Gasteiger partial charge < -0.3 is 9.16 Å². The Balaban J connectivity index is 1.68. The molecule has 0 aliphatic carbocycles. The molecule has 0 saturated carbocycles. The second-order valence-electron chi connectivity index (χ2n) is 9.49. The molecule has 3 heterocycles. The van der Waals surface area contributed by atoms with Crippen molar-refractivity contribution in [1.29, 1.82) is 0 Å². The Labute approximate surface area is 215 Å². The van der Waals surface area contributed by atoms with Gasteiger partial charge in [-0.15, -0.1) is 0 Å². The van der Waals surface area contributed by atoms with Crippen molar-refractivity contribution in [2.24, 2.45) is 0 Å². The highest BCUT2D eigenvalue weighted by Gasteiger charge is 2.45. The van der Waals surface area contributed by atoms with Crippen LogP contribution >= 0.6 is 11.6 Å². The summed E-state index contributed by atoms with van der Waals surface area (Å²) in [6.07, 6.45) is 0.905. The number of aromatic nitrogens is 5. The van der Waals surface area contributed by atoms with Crippen molar-refractivity contribution < 1.29 is 22.3 Å². The number of ether oxygens (including phenoxy) is 1. The number of alkyl halides is 3. The van der Waals surface area contributed by atoms with Crippen LogP contribution in [0.25, 0.3) is 5.95 Å². The van der Waals surface area contributed by atoms with Gasteiger partial charge in [0.05, 0.1) is 30.3 Å². The maximum absolute atomic E-state index is 13.3. The number of pyridine rings is 1. The zero-order valence-electron chi connectivity index (χ0n) is 21.2. The van der Waals surface area contributed by atoms with E-state index in [-0.39, 0.29) is 16.5 Å². The molecule has 0 unspecified atom stereocenters. The molecule has 0 aliphatic heterocycles. The minimum atomic E-state index is -4.57. The smallest absolute Gasteiger partial charge is 0.416 e. The molecule has 0 N–H and O–H groups in total. The molecule has 196 valence electrons. The fraction of sp³-hybridized carbons (Fsp3) is 0.500. The monoisotopic (exact) mass is 541 g/mol. The quantitative estimate of drug-likeness (QED) is 0.203. The summed E-state index contributed by atoms with van der Waals surface area (Å²) in [7, 11) is -2.03. The third kappa shape index (κ3) is 6.07. The lowest BCUT2D eigenvalue weighted by atomic mass is 10.1. The van der Waals surface area contributed by atoms with Gasteiger partial charge in [-0.3, -0.25) is 0 Å². The molecule has 0 spiro atoms. The lowest BCUT2D eigenvalue weighted by molar-refractivity contribution is -0.138. The molecule has 0 saturated heterocycles. The van der Waals surface area contributed by atoms with Crippen LogP contribution in [0.4, 0.5) is 13.2 Å². The van der Waals surface area contributed by atoms with E-state index in [9.17, 15) is 13.2 Å². The maximum atomic E-state index is 13.3. The first-order valence-corrected chi connectivity index (χ1v) is 14.2. The molecule has 3 aromatic rings. The van der Waals surface area contributed by atoms with E-state index in [1.165, 1.54) is 17.1 Å². The van der Waals surface area contributed by atoms with Gasteiger partial charge in [-0.25, -0.2) is 19.6 Å². The topological polar surface area (TPSA) is 75.0 Å². The van der Waals surface area contributed by atoms with Gasteiger partial charge in [0.2, 0.25) is 8.32 Å². The average Bonchev–Trinajstić information content (AvgIpc) is 3.26. The fourth-order valence-electron chi connectivity index (χ4n) is 4.78. The summed E-state index contributed by atoms with van der Waals surface area (Å²) in [5.41, 5.74) is 1.00. The van der Waals surface area contributed by atoms with E-state index < -0.39 is 26.7 Å². The van der Waals surface area contributed by atoms with Crippen molar-refractivity contribution in [3.63, 3.8) is 0 Å². The number of hydrogen-bond donors (Lipinski definition) is 0. The molecule has 0 radical (unpaired) electrons. The van der Waals surface area contributed by atoms with Gasteiger partial charge in [0.25, 0.3) is 5.95 Å². The van der Waals surface area contributed by atoms with Crippen molar-refractivity contribution in [1.82, 2.24) is 24.7 Å². The summed E-state index contributed by atoms with van der Waals surface area (Å²) >= 11 is 5.87. The summed E-state index contributed by atoms with van der Waals surface area (Å²) in [6, 6.07) is 2.72. The van der Waals surface area contributed by atoms with Gasteiger partial charge >= 0.3 is 6.18 Å². The normalized spacial score (nSPS) is 12.7. The Bertz CT molecular complexity index is 1130. The van der Waals surface area contributed by atoms with E-state index in [4.69, 9.17) is 20.8 Å². The Kier molecular flexibility index (Phi) is 8.78. The summed E-state index contributed by atoms with van der Waals surface area (Å²) < 4.78 is 53.3. The SMILES string of the molecule is CC(C)[Si](OCc1ccn(-c2ncc(OCc3c(C(F)(F)F)ccnc3Cl)cn2)n1)(C(C)C)C(C)C. The van der Waals surface area contributed by atoms with Crippen LogP contribution in [0.5, 0.6) is 5.75 Å². The second kappa shape index (κ2) is 11.3. The Hall–Kier alpha value is -2.50. The number of hydrogen-bond acceptors (Lipinski definition) is 6. The zero-order valence-corrected chi connectivity index (χ0v) is 22.9. The van der Waals surface area contributed by atoms with Crippen molar-refractivity contribution in [2.75, 3.05) is 0 Å². The molecule has 0 fully saturated rings. The van der Waals surface area contributed by atoms with E-state index in [2.05, 4.69) is 61.6 Å². The van der Waals surface area contributed by atoms with Crippen molar-refractivity contribution in [3.05, 3.63) is 58.9 Å². The third-order valence-corrected chi connectivity index (χ3v) is 12.7. The number of rotatable bonds is 10. The highest BCUT2D eigenvalue weighted by molar-refractivity contribution is 6.77. The van der Waals surface area contributed by atoms with Gasteiger partial charge in [0.15, 0.2) is 5.75 Å². The molecule has 0 aliphatic rings. The largest absolute Gasteiger partial charge is 0.486 e. The van der Waals surface area contributed by atoms with E-state index >= 15 is 0 Å². The fourth-order valence-corrected chi connectivity index (χ4v) is 10.4. The van der Waals surface area contributed by atoms with Crippen molar-refractivity contribution in [2.45, 2.75) is 77.6 Å². The molecular weight excluding hydrogens is 511 g/mol. The zero-order chi connectivity index (χ0) is 26.7. The van der Waals surface area contributed by atoms with Crippen LogP contribution in [-0.2, 0) is 23.8 Å². The van der Waals surface area contributed by atoms with Crippen LogP contribution in [0.1, 0.15) is 58.4 Å². The van der Waals surface area contributed by atoms with E-state index in [1.54, 1.807) is 6.20 Å². The Morgan fingerprint density at radius 2 is 1.56 bits per heavy atom. The summed E-state index contributed by atoms with van der Waals surface area (Å²) in [4.78, 5) is 12.2. The van der Waals surface area contributed by atoms with Gasteiger partial charge in [-0.2, -0.15) is 18.3 Å². The molecule has 0 amide bonds. The van der Waals surface area contributed by atoms with Gasteiger partial charge in [0, 0.05) is 18.0 Å². The molecule has 0 bridgehead atoms. The van der Waals surface area contributed by atoms with E-state index in [0.29, 0.717) is 29.2 Å². The molecule has 7 nitrogen and oxygen atoms in total. The van der Waals surface area contributed by atoms with Gasteiger partial charge in [-0.05, 0) is 28.8 Å². The molecule has 0 aromatic carbocycles. The summed E-state index contributed by atoms with van der Waals surface area (Å²) in [5, 5.41) is 4.26. The van der Waals surface area contributed by atoms with Gasteiger partial charge in [-0.1, -0.05) is 53.1 Å². The Morgan fingerprint density at radius 1 is 0.944 bits per heavy atom. The van der Waals surface area contributed by atoms with E-state index in [0.717, 1.165) is 18.0 Å². The van der Waals surface area contributed by atoms with Gasteiger partial charge in [0.1, 0.15) is 11.8 Å². The highest BCUT2D eigenvalue weighted by atomic mass is 35.5. The summed E-state index contributed by atoms with van der Waals surface area (Å²) in [5.74, 6) is 0.480. The average molecular weight is 542 g/mol. The summed E-state index contributed by atoms with van der Waals surface area (Å²) in [6.45, 7) is 13.4. The standard InChI is InChI=1S/C24H31ClF3N5O2Si/c1-15(2)36(16(3)4,17(5)6)35-13-18-8-10-33(32-18)23-30-11-19(12-31-23)34-14-20-21(24(26,27)28)7-9-29-22(20)25/h7-12,15-17H,13-14H2,1-6H3. The molecule has 0 atom stereocenters. The Morgan fingerprint density at radius 3 is 2.11 bits per heavy atom. The molecule has 36 heavy (non-hydrogen) atoms. The van der Waals surface area contributed by atoms with Crippen molar-refractivity contribution >= 4 is 19.9 Å². The highest BCUT2D eigenvalue weighted by Crippen LogP contribution is 2.42. The first kappa shape index (κ1) is 28.1. The van der Waals surface area contributed by atoms with Crippen LogP contribution in [-0.4, -0.2) is 33.0 Å². The molecule has 3 aromatic heterocycles. The van der Waals surface area contributed by atoms with Crippen LogP contribution in [0.2, 0.25) is 21.8 Å². The lowest BCUT2D eigenvalue weighted by Crippen LogP contribution is -2.47. The predicted octanol–water partition coefficient (Wildman–Crippen LogP) is 7.00. The minimum absolute atomic E-state index is 0.184. The number of halogens is 4. The molecule has 12 heteroatoms. The van der Waals surface area contributed by atoms with Crippen LogP contribution in [0.15, 0.2) is 36.9 Å². The number of nitrogens with zero attached hydrogens (tertiary/aromatic N) is 5. The predicted molar refractivity (Wildman–Crippen MR) is 134 cm³/mol. The minimum Gasteiger partial charge on any atom is -0.486 e.